The van der Waals surface area contributed by atoms with Crippen molar-refractivity contribution in [2.24, 2.45) is 17.8 Å². The van der Waals surface area contributed by atoms with E-state index >= 15 is 0 Å². The lowest BCUT2D eigenvalue weighted by Crippen LogP contribution is -2.47. The lowest BCUT2D eigenvalue weighted by Gasteiger charge is -2.34. The zero-order valence-corrected chi connectivity index (χ0v) is 19.1. The first-order chi connectivity index (χ1) is 13.5. The van der Waals surface area contributed by atoms with Gasteiger partial charge in [0.15, 0.2) is 0 Å². The average Bonchev–Trinajstić information content (AvgIpc) is 2.64. The Labute approximate surface area is 175 Å². The number of hydrogen-bond acceptors (Lipinski definition) is 5. The number of esters is 1. The molecule has 0 aliphatic rings. The summed E-state index contributed by atoms with van der Waals surface area (Å²) in [6, 6.07) is 5.00. The number of carbonyl (C=O) groups is 2. The third kappa shape index (κ3) is 7.35. The third-order valence-electron chi connectivity index (χ3n) is 4.50. The van der Waals surface area contributed by atoms with Gasteiger partial charge in [-0.25, -0.2) is 4.79 Å². The normalized spacial score (nSPS) is 11.8. The third-order valence-corrected chi connectivity index (χ3v) is 4.50. The molecule has 0 saturated carbocycles. The van der Waals surface area contributed by atoms with E-state index in [4.69, 9.17) is 14.2 Å². The van der Waals surface area contributed by atoms with Gasteiger partial charge in [-0.1, -0.05) is 41.5 Å². The molecule has 0 fully saturated rings. The highest BCUT2D eigenvalue weighted by atomic mass is 16.5. The quantitative estimate of drug-likeness (QED) is 0.527. The van der Waals surface area contributed by atoms with Gasteiger partial charge in [-0.05, 0) is 48.8 Å². The molecule has 0 aromatic heterocycles. The van der Waals surface area contributed by atoms with Crippen molar-refractivity contribution in [3.63, 3.8) is 0 Å². The van der Waals surface area contributed by atoms with Crippen molar-refractivity contribution in [2.45, 2.75) is 60.0 Å². The first-order valence-corrected chi connectivity index (χ1v) is 10.3. The van der Waals surface area contributed by atoms with Crippen LogP contribution in [0.3, 0.4) is 0 Å². The van der Waals surface area contributed by atoms with Crippen LogP contribution in [-0.2, 0) is 14.3 Å². The maximum absolute atomic E-state index is 13.2. The van der Waals surface area contributed by atoms with Crippen LogP contribution in [0.4, 0.5) is 5.69 Å². The van der Waals surface area contributed by atoms with Gasteiger partial charge in [-0.3, -0.25) is 4.79 Å². The average molecular weight is 408 g/mol. The number of carbonyl (C=O) groups excluding carboxylic acids is 2. The van der Waals surface area contributed by atoms with Crippen LogP contribution in [0, 0.1) is 17.8 Å². The number of ether oxygens (including phenoxy) is 3. The molecule has 1 rings (SSSR count). The predicted molar refractivity (Wildman–Crippen MR) is 115 cm³/mol. The minimum Gasteiger partial charge on any atom is -0.492 e. The summed E-state index contributed by atoms with van der Waals surface area (Å²) < 4.78 is 16.4. The second-order valence-electron chi connectivity index (χ2n) is 8.76. The summed E-state index contributed by atoms with van der Waals surface area (Å²) in [7, 11) is 2.90. The van der Waals surface area contributed by atoms with E-state index in [0.717, 1.165) is 0 Å². The van der Waals surface area contributed by atoms with Gasteiger partial charge in [0.25, 0.3) is 5.91 Å². The number of amides is 1. The molecular weight excluding hydrogens is 370 g/mol. The van der Waals surface area contributed by atoms with E-state index in [9.17, 15) is 9.59 Å². The Kier molecular flexibility index (Phi) is 9.63. The molecule has 1 aromatic carbocycles. The lowest BCUT2D eigenvalue weighted by atomic mass is 9.84. The largest absolute Gasteiger partial charge is 0.492 e. The molecule has 0 aliphatic carbocycles. The molecule has 1 amide bonds. The second-order valence-corrected chi connectivity index (χ2v) is 8.76. The van der Waals surface area contributed by atoms with Gasteiger partial charge in [0.05, 0.1) is 13.7 Å². The van der Waals surface area contributed by atoms with E-state index in [1.807, 2.05) is 13.8 Å². The summed E-state index contributed by atoms with van der Waals surface area (Å²) in [5, 5.41) is 2.93. The highest BCUT2D eigenvalue weighted by Crippen LogP contribution is 2.31. The zero-order chi connectivity index (χ0) is 22.2. The molecule has 1 aromatic rings. The SMILES string of the molecule is COC(=O)c1cc(NC(=O)C(CC(C)C)(CC(C)C)OC)ccc1OCC(C)C. The standard InChI is InChI=1S/C23H37NO5/c1-15(2)12-23(28-8,13-16(3)4)22(26)24-18-9-10-20(29-14-17(5)6)19(11-18)21(25)27-7/h9-11,15-17H,12-14H2,1-8H3,(H,24,26). The summed E-state index contributed by atoms with van der Waals surface area (Å²) in [6.07, 6.45) is 1.21. The molecule has 0 bridgehead atoms. The Morgan fingerprint density at radius 1 is 0.966 bits per heavy atom. The molecular formula is C23H37NO5. The fourth-order valence-corrected chi connectivity index (χ4v) is 3.35. The smallest absolute Gasteiger partial charge is 0.341 e. The van der Waals surface area contributed by atoms with Crippen LogP contribution in [0.1, 0.15) is 64.7 Å². The summed E-state index contributed by atoms with van der Waals surface area (Å²) in [5.74, 6) is 0.602. The lowest BCUT2D eigenvalue weighted by molar-refractivity contribution is -0.142. The fraction of sp³-hybridized carbons (Fsp3) is 0.652. The van der Waals surface area contributed by atoms with Crippen LogP contribution < -0.4 is 10.1 Å². The monoisotopic (exact) mass is 407 g/mol. The summed E-state index contributed by atoms with van der Waals surface area (Å²) in [5.41, 5.74) is -0.150. The minimum absolute atomic E-state index is 0.214. The van der Waals surface area contributed by atoms with Crippen molar-refractivity contribution in [2.75, 3.05) is 26.1 Å². The number of methoxy groups -OCH3 is 2. The number of anilines is 1. The van der Waals surface area contributed by atoms with E-state index in [2.05, 4.69) is 33.0 Å². The van der Waals surface area contributed by atoms with Crippen molar-refractivity contribution >= 4 is 17.6 Å². The maximum atomic E-state index is 13.2. The van der Waals surface area contributed by atoms with Crippen LogP contribution in [0.2, 0.25) is 0 Å². The van der Waals surface area contributed by atoms with E-state index in [-0.39, 0.29) is 23.3 Å². The van der Waals surface area contributed by atoms with Gasteiger partial charge in [0.1, 0.15) is 16.9 Å². The molecule has 0 unspecified atom stereocenters. The summed E-state index contributed by atoms with van der Waals surface area (Å²) in [6.45, 7) is 12.8. The zero-order valence-electron chi connectivity index (χ0n) is 19.1. The molecule has 0 radical (unpaired) electrons. The van der Waals surface area contributed by atoms with Gasteiger partial charge >= 0.3 is 5.97 Å². The van der Waals surface area contributed by atoms with Gasteiger partial charge in [-0.15, -0.1) is 0 Å². The van der Waals surface area contributed by atoms with E-state index < -0.39 is 11.6 Å². The van der Waals surface area contributed by atoms with Gasteiger partial charge < -0.3 is 19.5 Å². The predicted octanol–water partition coefficient (Wildman–Crippen LogP) is 4.92. The molecule has 29 heavy (non-hydrogen) atoms. The van der Waals surface area contributed by atoms with Crippen molar-refractivity contribution in [3.05, 3.63) is 23.8 Å². The van der Waals surface area contributed by atoms with Crippen LogP contribution in [-0.4, -0.2) is 38.3 Å². The first-order valence-electron chi connectivity index (χ1n) is 10.3. The summed E-state index contributed by atoms with van der Waals surface area (Å²) in [4.78, 5) is 25.4. The summed E-state index contributed by atoms with van der Waals surface area (Å²) >= 11 is 0. The highest BCUT2D eigenvalue weighted by Gasteiger charge is 2.39. The van der Waals surface area contributed by atoms with Crippen molar-refractivity contribution in [3.8, 4) is 5.75 Å². The molecule has 0 aliphatic heterocycles. The Morgan fingerprint density at radius 3 is 2.00 bits per heavy atom. The number of rotatable bonds is 11. The van der Waals surface area contributed by atoms with Gasteiger partial charge in [0.2, 0.25) is 0 Å². The topological polar surface area (TPSA) is 73.9 Å². The van der Waals surface area contributed by atoms with Crippen molar-refractivity contribution < 1.29 is 23.8 Å². The first kappa shape index (κ1) is 25.0. The van der Waals surface area contributed by atoms with Gasteiger partial charge in [-0.2, -0.15) is 0 Å². The second kappa shape index (κ2) is 11.2. The fourth-order valence-electron chi connectivity index (χ4n) is 3.35. The van der Waals surface area contributed by atoms with E-state index in [0.29, 0.717) is 36.8 Å². The Bertz CT molecular complexity index is 672. The number of nitrogens with one attached hydrogen (secondary N) is 1. The van der Waals surface area contributed by atoms with Gasteiger partial charge in [0, 0.05) is 12.8 Å². The number of benzene rings is 1. The van der Waals surface area contributed by atoms with Crippen LogP contribution in [0.25, 0.3) is 0 Å². The van der Waals surface area contributed by atoms with E-state index in [1.165, 1.54) is 7.11 Å². The van der Waals surface area contributed by atoms with Crippen LogP contribution >= 0.6 is 0 Å². The van der Waals surface area contributed by atoms with Crippen molar-refractivity contribution in [1.82, 2.24) is 0 Å². The molecule has 0 atom stereocenters. The number of hydrogen-bond donors (Lipinski definition) is 1. The van der Waals surface area contributed by atoms with Crippen LogP contribution in [0.5, 0.6) is 5.75 Å². The molecule has 164 valence electrons. The van der Waals surface area contributed by atoms with E-state index in [1.54, 1.807) is 25.3 Å². The Morgan fingerprint density at radius 2 is 1.55 bits per heavy atom. The minimum atomic E-state index is -0.930. The molecule has 6 heteroatoms. The van der Waals surface area contributed by atoms with Crippen LogP contribution in [0.15, 0.2) is 18.2 Å². The molecule has 0 spiro atoms. The highest BCUT2D eigenvalue weighted by molar-refractivity contribution is 5.99. The Balaban J connectivity index is 3.18. The molecule has 0 saturated heterocycles. The van der Waals surface area contributed by atoms with Crippen molar-refractivity contribution in [1.29, 1.82) is 0 Å². The Hall–Kier alpha value is -2.08. The molecule has 6 nitrogen and oxygen atoms in total. The molecule has 0 heterocycles. The maximum Gasteiger partial charge on any atom is 0.341 e. The molecule has 1 N–H and O–H groups in total.